The second kappa shape index (κ2) is 14.1. The number of guanidine groups is 1. The van der Waals surface area contributed by atoms with Crippen molar-refractivity contribution in [3.8, 4) is 5.75 Å². The SMILES string of the molecule is CCNC(=NCc1ccccc1OC)NCCCOC1CCCCC1.I. The van der Waals surface area contributed by atoms with Crippen LogP contribution in [-0.2, 0) is 11.3 Å². The van der Waals surface area contributed by atoms with Crippen LogP contribution in [0.15, 0.2) is 29.3 Å². The summed E-state index contributed by atoms with van der Waals surface area (Å²) in [6, 6.07) is 8.00. The molecule has 6 heteroatoms. The third-order valence-electron chi connectivity index (χ3n) is 4.46. The number of hydrogen-bond donors (Lipinski definition) is 2. The minimum absolute atomic E-state index is 0. The van der Waals surface area contributed by atoms with Crippen LogP contribution in [-0.4, -0.2) is 38.9 Å². The van der Waals surface area contributed by atoms with Crippen LogP contribution < -0.4 is 15.4 Å². The summed E-state index contributed by atoms with van der Waals surface area (Å²) in [6.45, 7) is 5.20. The highest BCUT2D eigenvalue weighted by molar-refractivity contribution is 14.0. The lowest BCUT2D eigenvalue weighted by molar-refractivity contribution is 0.0277. The molecule has 148 valence electrons. The Morgan fingerprint density at radius 2 is 1.92 bits per heavy atom. The number of nitrogens with zero attached hydrogens (tertiary/aromatic N) is 1. The summed E-state index contributed by atoms with van der Waals surface area (Å²) < 4.78 is 11.3. The quantitative estimate of drug-likeness (QED) is 0.244. The number of hydrogen-bond acceptors (Lipinski definition) is 3. The lowest BCUT2D eigenvalue weighted by atomic mass is 9.98. The molecule has 1 aliphatic rings. The van der Waals surface area contributed by atoms with Crippen molar-refractivity contribution >= 4 is 29.9 Å². The second-order valence-corrected chi connectivity index (χ2v) is 6.42. The summed E-state index contributed by atoms with van der Waals surface area (Å²) in [7, 11) is 1.69. The molecule has 0 heterocycles. The van der Waals surface area contributed by atoms with Gasteiger partial charge in [0.1, 0.15) is 5.75 Å². The molecule has 1 saturated carbocycles. The maximum absolute atomic E-state index is 5.97. The zero-order valence-electron chi connectivity index (χ0n) is 16.1. The van der Waals surface area contributed by atoms with Crippen molar-refractivity contribution in [3.63, 3.8) is 0 Å². The maximum Gasteiger partial charge on any atom is 0.191 e. The van der Waals surface area contributed by atoms with E-state index in [1.165, 1.54) is 32.1 Å². The van der Waals surface area contributed by atoms with Crippen molar-refractivity contribution in [2.45, 2.75) is 58.1 Å². The summed E-state index contributed by atoms with van der Waals surface area (Å²) in [5.74, 6) is 1.72. The smallest absolute Gasteiger partial charge is 0.191 e. The first-order valence-corrected chi connectivity index (χ1v) is 9.59. The Kier molecular flexibility index (Phi) is 12.5. The van der Waals surface area contributed by atoms with Crippen LogP contribution in [0.1, 0.15) is 51.0 Å². The summed E-state index contributed by atoms with van der Waals surface area (Å²) in [5, 5.41) is 6.67. The van der Waals surface area contributed by atoms with Crippen LogP contribution in [0, 0.1) is 0 Å². The van der Waals surface area contributed by atoms with Gasteiger partial charge in [0.2, 0.25) is 0 Å². The zero-order chi connectivity index (χ0) is 17.7. The number of methoxy groups -OCH3 is 1. The molecule has 0 spiro atoms. The van der Waals surface area contributed by atoms with Crippen molar-refractivity contribution in [1.29, 1.82) is 0 Å². The molecule has 1 aromatic rings. The van der Waals surface area contributed by atoms with E-state index in [0.717, 1.165) is 43.4 Å². The molecule has 0 unspecified atom stereocenters. The molecular formula is C20H34IN3O2. The third kappa shape index (κ3) is 8.58. The average molecular weight is 475 g/mol. The minimum Gasteiger partial charge on any atom is -0.496 e. The first kappa shape index (κ1) is 23.0. The van der Waals surface area contributed by atoms with Gasteiger partial charge in [0.25, 0.3) is 0 Å². The molecule has 0 amide bonds. The molecule has 0 aromatic heterocycles. The van der Waals surface area contributed by atoms with Gasteiger partial charge in [0, 0.05) is 25.3 Å². The fourth-order valence-electron chi connectivity index (χ4n) is 3.10. The average Bonchev–Trinajstić information content (AvgIpc) is 2.66. The highest BCUT2D eigenvalue weighted by Crippen LogP contribution is 2.20. The Hall–Kier alpha value is -1.02. The largest absolute Gasteiger partial charge is 0.496 e. The van der Waals surface area contributed by atoms with Crippen LogP contribution in [0.4, 0.5) is 0 Å². The molecule has 26 heavy (non-hydrogen) atoms. The molecule has 1 aliphatic carbocycles. The standard InChI is InChI=1S/C20H33N3O2.HI/c1-3-21-20(23-16-17-10-7-8-13-19(17)24-2)22-14-9-15-25-18-11-5-4-6-12-18;/h7-8,10,13,18H,3-6,9,11-12,14-16H2,1-2H3,(H2,21,22,23);1H. The third-order valence-corrected chi connectivity index (χ3v) is 4.46. The van der Waals surface area contributed by atoms with Crippen LogP contribution in [0.3, 0.4) is 0 Å². The number of nitrogens with one attached hydrogen (secondary N) is 2. The van der Waals surface area contributed by atoms with Gasteiger partial charge in [-0.3, -0.25) is 0 Å². The van der Waals surface area contributed by atoms with Gasteiger partial charge < -0.3 is 20.1 Å². The predicted molar refractivity (Wildman–Crippen MR) is 119 cm³/mol. The van der Waals surface area contributed by atoms with E-state index in [2.05, 4.69) is 22.5 Å². The molecule has 0 saturated heterocycles. The van der Waals surface area contributed by atoms with Gasteiger partial charge in [0.15, 0.2) is 5.96 Å². The first-order chi connectivity index (χ1) is 12.3. The van der Waals surface area contributed by atoms with Gasteiger partial charge >= 0.3 is 0 Å². The van der Waals surface area contributed by atoms with Crippen LogP contribution >= 0.6 is 24.0 Å². The van der Waals surface area contributed by atoms with E-state index in [1.807, 2.05) is 24.3 Å². The molecule has 0 radical (unpaired) electrons. The monoisotopic (exact) mass is 475 g/mol. The predicted octanol–water partition coefficient (Wildman–Crippen LogP) is 4.11. The van der Waals surface area contributed by atoms with E-state index < -0.39 is 0 Å². The molecule has 2 rings (SSSR count). The van der Waals surface area contributed by atoms with Crippen LogP contribution in [0.2, 0.25) is 0 Å². The number of aliphatic imine (C=N–C) groups is 1. The van der Waals surface area contributed by atoms with Crippen LogP contribution in [0.25, 0.3) is 0 Å². The number of rotatable bonds is 9. The van der Waals surface area contributed by atoms with Gasteiger partial charge in [0.05, 0.1) is 19.8 Å². The molecule has 2 N–H and O–H groups in total. The molecule has 0 atom stereocenters. The van der Waals surface area contributed by atoms with Crippen molar-refractivity contribution in [2.75, 3.05) is 26.8 Å². The Balaban J connectivity index is 0.00000338. The zero-order valence-corrected chi connectivity index (χ0v) is 18.5. The lowest BCUT2D eigenvalue weighted by Gasteiger charge is -2.22. The summed E-state index contributed by atoms with van der Waals surface area (Å²) in [4.78, 5) is 4.65. The summed E-state index contributed by atoms with van der Waals surface area (Å²) in [6.07, 6.45) is 7.96. The number of halogens is 1. The Morgan fingerprint density at radius 3 is 2.65 bits per heavy atom. The van der Waals surface area contributed by atoms with E-state index in [1.54, 1.807) is 7.11 Å². The van der Waals surface area contributed by atoms with Crippen molar-refractivity contribution in [1.82, 2.24) is 10.6 Å². The number of benzene rings is 1. The van der Waals surface area contributed by atoms with E-state index in [-0.39, 0.29) is 24.0 Å². The van der Waals surface area contributed by atoms with E-state index in [4.69, 9.17) is 9.47 Å². The van der Waals surface area contributed by atoms with Crippen molar-refractivity contribution in [3.05, 3.63) is 29.8 Å². The normalized spacial score (nSPS) is 15.2. The van der Waals surface area contributed by atoms with Gasteiger partial charge in [-0.2, -0.15) is 0 Å². The fourth-order valence-corrected chi connectivity index (χ4v) is 3.10. The van der Waals surface area contributed by atoms with E-state index >= 15 is 0 Å². The second-order valence-electron chi connectivity index (χ2n) is 6.42. The molecule has 1 aromatic carbocycles. The molecule has 0 bridgehead atoms. The fraction of sp³-hybridized carbons (Fsp3) is 0.650. The first-order valence-electron chi connectivity index (χ1n) is 9.59. The van der Waals surface area contributed by atoms with Gasteiger partial charge in [-0.15, -0.1) is 24.0 Å². The summed E-state index contributed by atoms with van der Waals surface area (Å²) >= 11 is 0. The molecular weight excluding hydrogens is 441 g/mol. The highest BCUT2D eigenvalue weighted by atomic mass is 127. The minimum atomic E-state index is 0. The van der Waals surface area contributed by atoms with Crippen LogP contribution in [0.5, 0.6) is 5.75 Å². The maximum atomic E-state index is 5.97. The molecule has 1 fully saturated rings. The van der Waals surface area contributed by atoms with Crippen molar-refractivity contribution in [2.24, 2.45) is 4.99 Å². The lowest BCUT2D eigenvalue weighted by Crippen LogP contribution is -2.38. The van der Waals surface area contributed by atoms with Gasteiger partial charge in [-0.1, -0.05) is 37.5 Å². The Labute approximate surface area is 175 Å². The van der Waals surface area contributed by atoms with Gasteiger partial charge in [-0.05, 0) is 32.3 Å². The number of ether oxygens (including phenoxy) is 2. The Morgan fingerprint density at radius 1 is 1.15 bits per heavy atom. The molecule has 0 aliphatic heterocycles. The highest BCUT2D eigenvalue weighted by Gasteiger charge is 2.13. The van der Waals surface area contributed by atoms with E-state index in [0.29, 0.717) is 12.6 Å². The van der Waals surface area contributed by atoms with Crippen molar-refractivity contribution < 1.29 is 9.47 Å². The Bertz CT molecular complexity index is 520. The van der Waals surface area contributed by atoms with E-state index in [9.17, 15) is 0 Å². The summed E-state index contributed by atoms with van der Waals surface area (Å²) in [5.41, 5.74) is 1.09. The number of para-hydroxylation sites is 1. The topological polar surface area (TPSA) is 54.9 Å². The van der Waals surface area contributed by atoms with Gasteiger partial charge in [-0.25, -0.2) is 4.99 Å². The molecule has 5 nitrogen and oxygen atoms in total.